The first kappa shape index (κ1) is 17.4. The quantitative estimate of drug-likeness (QED) is 0.512. The number of hydrogen-bond acceptors (Lipinski definition) is 4. The van der Waals surface area contributed by atoms with Crippen molar-refractivity contribution in [1.29, 1.82) is 0 Å². The first-order valence-corrected chi connectivity index (χ1v) is 8.88. The molecule has 4 nitrogen and oxygen atoms in total. The van der Waals surface area contributed by atoms with Gasteiger partial charge in [-0.3, -0.25) is 0 Å². The van der Waals surface area contributed by atoms with Crippen LogP contribution in [0.2, 0.25) is 0 Å². The van der Waals surface area contributed by atoms with E-state index in [2.05, 4.69) is 62.5 Å². The molecule has 3 aromatic rings. The second-order valence-corrected chi connectivity index (χ2v) is 6.91. The van der Waals surface area contributed by atoms with Gasteiger partial charge in [-0.05, 0) is 48.2 Å². The Kier molecular flexibility index (Phi) is 5.66. The van der Waals surface area contributed by atoms with Gasteiger partial charge in [-0.1, -0.05) is 57.5 Å². The monoisotopic (exact) mass is 395 g/mol. The molecule has 25 heavy (non-hydrogen) atoms. The van der Waals surface area contributed by atoms with Crippen molar-refractivity contribution in [3.63, 3.8) is 0 Å². The lowest BCUT2D eigenvalue weighted by Gasteiger charge is -2.22. The van der Waals surface area contributed by atoms with E-state index in [1.165, 1.54) is 11.1 Å². The summed E-state index contributed by atoms with van der Waals surface area (Å²) in [6, 6.07) is 17.8. The maximum atomic E-state index is 11.5. The van der Waals surface area contributed by atoms with E-state index in [0.29, 0.717) is 6.42 Å². The molecule has 2 atom stereocenters. The van der Waals surface area contributed by atoms with Gasteiger partial charge < -0.3 is 0 Å². The summed E-state index contributed by atoms with van der Waals surface area (Å²) in [7, 11) is 0. The van der Waals surface area contributed by atoms with Gasteiger partial charge in [-0.2, -0.15) is 15.1 Å². The van der Waals surface area contributed by atoms with Gasteiger partial charge in [0.15, 0.2) is 0 Å². The van der Waals surface area contributed by atoms with Gasteiger partial charge in [0, 0.05) is 22.2 Å². The summed E-state index contributed by atoms with van der Waals surface area (Å²) in [5.74, 6) is 0.0742. The summed E-state index contributed by atoms with van der Waals surface area (Å²) in [4.78, 5) is 11.5. The lowest BCUT2D eigenvalue weighted by atomic mass is 9.83. The number of nitrogens with zero attached hydrogens (tertiary/aromatic N) is 3. The third-order valence-corrected chi connectivity index (χ3v) is 4.94. The minimum Gasteiger partial charge on any atom is -0.159 e. The lowest BCUT2D eigenvalue weighted by Crippen LogP contribution is -2.08. The molecule has 0 saturated heterocycles. The predicted molar refractivity (Wildman–Crippen MR) is 102 cm³/mol. The van der Waals surface area contributed by atoms with E-state index in [4.69, 9.17) is 0 Å². The zero-order chi connectivity index (χ0) is 17.6. The third kappa shape index (κ3) is 4.17. The zero-order valence-electron chi connectivity index (χ0n) is 13.8. The molecule has 0 amide bonds. The maximum Gasteiger partial charge on any atom is 0.119 e. The van der Waals surface area contributed by atoms with E-state index in [0.717, 1.165) is 15.6 Å². The van der Waals surface area contributed by atoms with Crippen LogP contribution in [0.3, 0.4) is 0 Å². The van der Waals surface area contributed by atoms with E-state index in [-0.39, 0.29) is 5.92 Å². The van der Waals surface area contributed by atoms with Crippen LogP contribution in [-0.4, -0.2) is 10.2 Å². The number of hydrogen-bond donors (Lipinski definition) is 0. The van der Waals surface area contributed by atoms with Crippen molar-refractivity contribution in [2.24, 2.45) is 5.18 Å². The van der Waals surface area contributed by atoms with Crippen molar-refractivity contribution in [3.8, 4) is 0 Å². The Morgan fingerprint density at radius 1 is 1.00 bits per heavy atom. The number of rotatable bonds is 6. The number of aryl methyl sites for hydroxylation is 1. The smallest absolute Gasteiger partial charge is 0.119 e. The minimum absolute atomic E-state index is 0.0742. The van der Waals surface area contributed by atoms with Crippen molar-refractivity contribution < 1.29 is 0 Å². The number of nitroso groups, excluding NO2 is 1. The van der Waals surface area contributed by atoms with Crippen molar-refractivity contribution in [2.45, 2.75) is 25.3 Å². The Bertz CT molecular complexity index is 837. The van der Waals surface area contributed by atoms with Gasteiger partial charge in [-0.15, -0.1) is 0 Å². The van der Waals surface area contributed by atoms with Crippen LogP contribution in [0, 0.1) is 11.8 Å². The van der Waals surface area contributed by atoms with Gasteiger partial charge in [0.25, 0.3) is 0 Å². The van der Waals surface area contributed by atoms with Crippen LogP contribution < -0.4 is 0 Å². The second-order valence-electron chi connectivity index (χ2n) is 5.99. The van der Waals surface area contributed by atoms with E-state index in [1.54, 1.807) is 18.5 Å². The average Bonchev–Trinajstić information content (AvgIpc) is 2.65. The molecule has 2 aromatic carbocycles. The minimum atomic E-state index is -0.469. The Morgan fingerprint density at radius 2 is 1.76 bits per heavy atom. The molecule has 5 heteroatoms. The molecule has 126 valence electrons. The summed E-state index contributed by atoms with van der Waals surface area (Å²) in [6.45, 7) is 2.10. The normalized spacial score (nSPS) is 13.2. The molecule has 0 radical (unpaired) electrons. The lowest BCUT2D eigenvalue weighted by molar-refractivity contribution is 0.589. The number of halogens is 1. The fraction of sp³-hybridized carbons (Fsp3) is 0.200. The largest absolute Gasteiger partial charge is 0.159 e. The van der Waals surface area contributed by atoms with Crippen LogP contribution in [0.25, 0.3) is 0 Å². The highest BCUT2D eigenvalue weighted by Gasteiger charge is 2.23. The Balaban J connectivity index is 2.00. The zero-order valence-corrected chi connectivity index (χ0v) is 15.4. The molecule has 0 spiro atoms. The topological polar surface area (TPSA) is 55.2 Å². The van der Waals surface area contributed by atoms with Gasteiger partial charge in [0.05, 0.1) is 6.20 Å². The Morgan fingerprint density at radius 3 is 2.40 bits per heavy atom. The SMILES string of the molecule is Cc1ccccc1C(CC(N=O)c1ccnnc1)c1ccc(Br)cc1. The van der Waals surface area contributed by atoms with Gasteiger partial charge >= 0.3 is 0 Å². The number of benzene rings is 2. The molecule has 0 aliphatic heterocycles. The Labute approximate surface area is 155 Å². The molecule has 3 rings (SSSR count). The van der Waals surface area contributed by atoms with Crippen LogP contribution in [-0.2, 0) is 0 Å². The molecule has 2 unspecified atom stereocenters. The highest BCUT2D eigenvalue weighted by atomic mass is 79.9. The highest BCUT2D eigenvalue weighted by Crippen LogP contribution is 2.37. The highest BCUT2D eigenvalue weighted by molar-refractivity contribution is 9.10. The van der Waals surface area contributed by atoms with Gasteiger partial charge in [0.2, 0.25) is 0 Å². The molecule has 0 saturated carbocycles. The van der Waals surface area contributed by atoms with Crippen LogP contribution in [0.1, 0.15) is 40.6 Å². The van der Waals surface area contributed by atoms with E-state index < -0.39 is 6.04 Å². The second kappa shape index (κ2) is 8.12. The van der Waals surface area contributed by atoms with Crippen LogP contribution >= 0.6 is 15.9 Å². The fourth-order valence-corrected chi connectivity index (χ4v) is 3.34. The molecule has 1 heterocycles. The van der Waals surface area contributed by atoms with E-state index in [9.17, 15) is 4.91 Å². The molecule has 1 aromatic heterocycles. The van der Waals surface area contributed by atoms with Crippen molar-refractivity contribution in [2.75, 3.05) is 0 Å². The maximum absolute atomic E-state index is 11.5. The predicted octanol–water partition coefficient (Wildman–Crippen LogP) is 5.58. The van der Waals surface area contributed by atoms with Crippen molar-refractivity contribution in [1.82, 2.24) is 10.2 Å². The molecular formula is C20H18BrN3O. The summed E-state index contributed by atoms with van der Waals surface area (Å²) >= 11 is 3.48. The van der Waals surface area contributed by atoms with Gasteiger partial charge in [-0.25, -0.2) is 0 Å². The molecule has 0 bridgehead atoms. The van der Waals surface area contributed by atoms with Crippen LogP contribution in [0.5, 0.6) is 0 Å². The molecule has 0 fully saturated rings. The molecule has 0 aliphatic rings. The summed E-state index contributed by atoms with van der Waals surface area (Å²) in [5.41, 5.74) is 4.36. The summed E-state index contributed by atoms with van der Waals surface area (Å²) in [5, 5.41) is 11.0. The number of aromatic nitrogens is 2. The van der Waals surface area contributed by atoms with Crippen LogP contribution in [0.15, 0.2) is 76.6 Å². The first-order chi connectivity index (χ1) is 12.2. The standard InChI is InChI=1S/C20H18BrN3O/c1-14-4-2-3-5-18(14)19(15-6-8-17(21)9-7-15)12-20(24-25)16-10-11-22-23-13-16/h2-11,13,19-20H,12H2,1H3. The van der Waals surface area contributed by atoms with Gasteiger partial charge in [0.1, 0.15) is 6.04 Å². The molecular weight excluding hydrogens is 378 g/mol. The van der Waals surface area contributed by atoms with Crippen molar-refractivity contribution >= 4 is 15.9 Å². The van der Waals surface area contributed by atoms with E-state index >= 15 is 0 Å². The fourth-order valence-electron chi connectivity index (χ4n) is 3.08. The third-order valence-electron chi connectivity index (χ3n) is 4.41. The Hall–Kier alpha value is -2.40. The van der Waals surface area contributed by atoms with Crippen LogP contribution in [0.4, 0.5) is 0 Å². The van der Waals surface area contributed by atoms with E-state index in [1.807, 2.05) is 24.3 Å². The molecule has 0 N–H and O–H groups in total. The average molecular weight is 396 g/mol. The molecule has 0 aliphatic carbocycles. The summed E-state index contributed by atoms with van der Waals surface area (Å²) < 4.78 is 1.03. The summed E-state index contributed by atoms with van der Waals surface area (Å²) in [6.07, 6.45) is 3.79. The first-order valence-electron chi connectivity index (χ1n) is 8.09. The van der Waals surface area contributed by atoms with Crippen molar-refractivity contribution in [3.05, 3.63) is 98.6 Å².